The molecule has 8 nitrogen and oxygen atoms in total. The largest absolute Gasteiger partial charge is 0.490 e. The molecule has 0 unspecified atom stereocenters. The van der Waals surface area contributed by atoms with Gasteiger partial charge < -0.3 is 24.4 Å². The van der Waals surface area contributed by atoms with Crippen molar-refractivity contribution >= 4 is 47.2 Å². The predicted octanol–water partition coefficient (Wildman–Crippen LogP) is 4.52. The molecule has 2 atom stereocenters. The Morgan fingerprint density at radius 3 is 2.51 bits per heavy atom. The molecule has 1 saturated heterocycles. The number of nitrogens with zero attached hydrogens (tertiary/aromatic N) is 3. The SMILES string of the molecule is CC(=O)O[C@@H]1COc2cc(N[C@@H]3COc4c(-c5c(C)nc(N6CCCC6)nc5C)cccc43)ccc21.[Na]. The molecule has 6 rings (SSSR count). The molecule has 1 N–H and O–H groups in total. The van der Waals surface area contributed by atoms with Crippen LogP contribution in [-0.2, 0) is 9.53 Å². The fourth-order valence-electron chi connectivity index (χ4n) is 5.48. The van der Waals surface area contributed by atoms with Crippen molar-refractivity contribution in [3.05, 3.63) is 58.9 Å². The summed E-state index contributed by atoms with van der Waals surface area (Å²) in [5.41, 5.74) is 6.93. The number of rotatable bonds is 5. The second kappa shape index (κ2) is 10.5. The normalized spacial score (nSPS) is 19.4. The Labute approximate surface area is 239 Å². The minimum Gasteiger partial charge on any atom is -0.490 e. The fourth-order valence-corrected chi connectivity index (χ4v) is 5.48. The number of anilines is 2. The number of hydrogen-bond acceptors (Lipinski definition) is 8. The van der Waals surface area contributed by atoms with Crippen molar-refractivity contribution in [3.63, 3.8) is 0 Å². The summed E-state index contributed by atoms with van der Waals surface area (Å²) in [6.45, 7) is 8.43. The monoisotopic (exact) mass is 509 g/mol. The fraction of sp³-hybridized carbons (Fsp3) is 0.393. The van der Waals surface area contributed by atoms with Crippen molar-refractivity contribution in [2.24, 2.45) is 0 Å². The Hall–Kier alpha value is -2.81. The standard InChI is InChI=1S/C28H30N4O4.Na/c1-16-26(17(2)30-28(29-16)32-11-4-5-12-32)22-8-6-7-20-23(14-35-27(20)22)31-19-9-10-21-24(13-19)34-15-25(21)36-18(3)33;/h6-10,13,23,25,31H,4-5,11-12,14-15H2,1-3H3;/t23-,25-;/m1./s1. The maximum atomic E-state index is 11.4. The molecule has 0 amide bonds. The van der Waals surface area contributed by atoms with Gasteiger partial charge in [0, 0.05) is 83.6 Å². The van der Waals surface area contributed by atoms with E-state index >= 15 is 0 Å². The van der Waals surface area contributed by atoms with Crippen LogP contribution in [0.5, 0.6) is 11.5 Å². The molecular formula is C28H30N4NaO4. The molecule has 37 heavy (non-hydrogen) atoms. The zero-order valence-corrected chi connectivity index (χ0v) is 23.8. The molecule has 0 spiro atoms. The van der Waals surface area contributed by atoms with Crippen LogP contribution in [0.4, 0.5) is 11.6 Å². The van der Waals surface area contributed by atoms with E-state index in [1.807, 2.05) is 18.2 Å². The number of carbonyl (C=O) groups is 1. The number of benzene rings is 2. The topological polar surface area (TPSA) is 85.8 Å². The summed E-state index contributed by atoms with van der Waals surface area (Å²) in [6, 6.07) is 12.2. The summed E-state index contributed by atoms with van der Waals surface area (Å²) in [4.78, 5) is 23.3. The van der Waals surface area contributed by atoms with Crippen LogP contribution in [0.2, 0.25) is 0 Å². The number of nitrogens with one attached hydrogen (secondary N) is 1. The summed E-state index contributed by atoms with van der Waals surface area (Å²) in [5.74, 6) is 2.14. The minimum atomic E-state index is -0.352. The molecule has 2 aromatic carbocycles. The van der Waals surface area contributed by atoms with E-state index in [0.717, 1.165) is 69.9 Å². The third-order valence-corrected chi connectivity index (χ3v) is 7.13. The van der Waals surface area contributed by atoms with Gasteiger partial charge in [0.2, 0.25) is 5.95 Å². The molecule has 3 aromatic rings. The van der Waals surface area contributed by atoms with Gasteiger partial charge in [-0.3, -0.25) is 4.79 Å². The second-order valence-electron chi connectivity index (χ2n) is 9.66. The molecule has 3 aliphatic heterocycles. The van der Waals surface area contributed by atoms with Crippen molar-refractivity contribution < 1.29 is 19.0 Å². The number of ether oxygens (including phenoxy) is 3. The molecule has 1 fully saturated rings. The number of carbonyl (C=O) groups excluding carboxylic acids is 1. The Bertz CT molecular complexity index is 1320. The zero-order valence-electron chi connectivity index (χ0n) is 21.8. The van der Waals surface area contributed by atoms with E-state index in [2.05, 4.69) is 42.3 Å². The average molecular weight is 510 g/mol. The van der Waals surface area contributed by atoms with E-state index in [4.69, 9.17) is 24.2 Å². The van der Waals surface area contributed by atoms with Gasteiger partial charge in [-0.05, 0) is 38.8 Å². The minimum absolute atomic E-state index is 0. The molecule has 1 radical (unpaired) electrons. The van der Waals surface area contributed by atoms with Crippen molar-refractivity contribution in [3.8, 4) is 22.6 Å². The molecule has 0 saturated carbocycles. The summed E-state index contributed by atoms with van der Waals surface area (Å²) in [6.07, 6.45) is 2.04. The molecule has 9 heteroatoms. The number of aromatic nitrogens is 2. The zero-order chi connectivity index (χ0) is 24.8. The number of hydrogen-bond donors (Lipinski definition) is 1. The quantitative estimate of drug-likeness (QED) is 0.397. The number of aryl methyl sites for hydroxylation is 2. The molecule has 0 aliphatic carbocycles. The Morgan fingerprint density at radius 1 is 1.03 bits per heavy atom. The van der Waals surface area contributed by atoms with Gasteiger partial charge in [-0.1, -0.05) is 18.2 Å². The van der Waals surface area contributed by atoms with E-state index in [9.17, 15) is 4.79 Å². The summed E-state index contributed by atoms with van der Waals surface area (Å²) in [5, 5.41) is 3.59. The first-order chi connectivity index (χ1) is 17.5. The van der Waals surface area contributed by atoms with Gasteiger partial charge in [0.25, 0.3) is 0 Å². The molecule has 3 aliphatic rings. The maximum Gasteiger partial charge on any atom is 0.303 e. The van der Waals surface area contributed by atoms with Gasteiger partial charge >= 0.3 is 5.97 Å². The summed E-state index contributed by atoms with van der Waals surface area (Å²) in [7, 11) is 0. The van der Waals surface area contributed by atoms with E-state index < -0.39 is 0 Å². The third kappa shape index (κ3) is 4.90. The molecule has 187 valence electrons. The van der Waals surface area contributed by atoms with Gasteiger partial charge in [0.05, 0.1) is 17.4 Å². The van der Waals surface area contributed by atoms with Crippen LogP contribution in [0.3, 0.4) is 0 Å². The summed E-state index contributed by atoms with van der Waals surface area (Å²) < 4.78 is 17.4. The van der Waals surface area contributed by atoms with Crippen molar-refractivity contribution in [2.45, 2.75) is 45.8 Å². The van der Waals surface area contributed by atoms with Crippen LogP contribution in [0.15, 0.2) is 36.4 Å². The first-order valence-corrected chi connectivity index (χ1v) is 12.5. The van der Waals surface area contributed by atoms with E-state index in [1.54, 1.807) is 0 Å². The number of esters is 1. The molecular weight excluding hydrogens is 479 g/mol. The average Bonchev–Trinajstić information content (AvgIpc) is 3.60. The van der Waals surface area contributed by atoms with Crippen LogP contribution in [-0.4, -0.2) is 71.8 Å². The molecule has 1 aromatic heterocycles. The second-order valence-corrected chi connectivity index (χ2v) is 9.66. The van der Waals surface area contributed by atoms with Crippen molar-refractivity contribution in [1.29, 1.82) is 0 Å². The van der Waals surface area contributed by atoms with Crippen LogP contribution in [0, 0.1) is 13.8 Å². The maximum absolute atomic E-state index is 11.4. The van der Waals surface area contributed by atoms with E-state index in [1.165, 1.54) is 19.8 Å². The predicted molar refractivity (Wildman–Crippen MR) is 142 cm³/mol. The first kappa shape index (κ1) is 25.8. The molecule has 4 heterocycles. The smallest absolute Gasteiger partial charge is 0.303 e. The van der Waals surface area contributed by atoms with E-state index in [0.29, 0.717) is 13.2 Å². The van der Waals surface area contributed by atoms with Gasteiger partial charge in [0.1, 0.15) is 24.7 Å². The van der Waals surface area contributed by atoms with Gasteiger partial charge in [-0.25, -0.2) is 9.97 Å². The van der Waals surface area contributed by atoms with Crippen LogP contribution < -0.4 is 19.7 Å². The van der Waals surface area contributed by atoms with Crippen molar-refractivity contribution in [1.82, 2.24) is 9.97 Å². The van der Waals surface area contributed by atoms with Crippen LogP contribution in [0.25, 0.3) is 11.1 Å². The number of para-hydroxylation sites is 1. The van der Waals surface area contributed by atoms with E-state index in [-0.39, 0.29) is 47.7 Å². The van der Waals surface area contributed by atoms with Crippen molar-refractivity contribution in [2.75, 3.05) is 36.5 Å². The first-order valence-electron chi connectivity index (χ1n) is 12.5. The van der Waals surface area contributed by atoms with Gasteiger partial charge in [-0.2, -0.15) is 0 Å². The van der Waals surface area contributed by atoms with Gasteiger partial charge in [0.15, 0.2) is 6.10 Å². The third-order valence-electron chi connectivity index (χ3n) is 7.13. The Balaban J connectivity index is 0.00000280. The Morgan fingerprint density at radius 2 is 1.78 bits per heavy atom. The van der Waals surface area contributed by atoms with Crippen LogP contribution >= 0.6 is 0 Å². The number of fused-ring (bicyclic) bond motifs is 2. The van der Waals surface area contributed by atoms with Crippen LogP contribution in [0.1, 0.15) is 54.4 Å². The summed E-state index contributed by atoms with van der Waals surface area (Å²) >= 11 is 0. The molecule has 0 bridgehead atoms. The van der Waals surface area contributed by atoms with Gasteiger partial charge in [-0.15, -0.1) is 0 Å². The Kier molecular flexibility index (Phi) is 7.34.